The van der Waals surface area contributed by atoms with E-state index in [0.29, 0.717) is 23.7 Å². The van der Waals surface area contributed by atoms with Gasteiger partial charge in [0, 0.05) is 42.5 Å². The van der Waals surface area contributed by atoms with Crippen molar-refractivity contribution in [2.75, 3.05) is 31.9 Å². The molecule has 0 aromatic heterocycles. The topological polar surface area (TPSA) is 58.4 Å². The van der Waals surface area contributed by atoms with Crippen LogP contribution in [0.2, 0.25) is 5.02 Å². The van der Waals surface area contributed by atoms with Crippen LogP contribution in [0.15, 0.2) is 48.5 Å². The maximum atomic E-state index is 12.2. The number of likely N-dealkylation sites (tertiary alicyclic amines) is 1. The molecule has 2 aromatic carbocycles. The minimum atomic E-state index is -0.0569. The zero-order valence-corrected chi connectivity index (χ0v) is 15.5. The Hall–Kier alpha value is -2.04. The minimum Gasteiger partial charge on any atom is -0.399 e. The average Bonchev–Trinajstić information content (AvgIpc) is 2.93. The van der Waals surface area contributed by atoms with Crippen LogP contribution in [0.5, 0.6) is 0 Å². The van der Waals surface area contributed by atoms with Gasteiger partial charge in [0.05, 0.1) is 0 Å². The summed E-state index contributed by atoms with van der Waals surface area (Å²) in [4.78, 5) is 14.7. The molecule has 4 nitrogen and oxygen atoms in total. The number of anilines is 1. The predicted molar refractivity (Wildman–Crippen MR) is 105 cm³/mol. The number of nitrogens with zero attached hydrogens (tertiary/aromatic N) is 1. The summed E-state index contributed by atoms with van der Waals surface area (Å²) in [5, 5.41) is 3.80. The zero-order valence-electron chi connectivity index (χ0n) is 14.7. The van der Waals surface area contributed by atoms with Crippen LogP contribution in [0, 0.1) is 11.8 Å². The second-order valence-electron chi connectivity index (χ2n) is 7.46. The molecule has 136 valence electrons. The molecule has 0 radical (unpaired) electrons. The molecule has 2 fully saturated rings. The van der Waals surface area contributed by atoms with Gasteiger partial charge in [-0.2, -0.15) is 0 Å². The number of hydrogen-bond acceptors (Lipinski definition) is 3. The van der Waals surface area contributed by atoms with Crippen molar-refractivity contribution >= 4 is 23.2 Å². The number of rotatable bonds is 5. The Morgan fingerprint density at radius 2 is 2.00 bits per heavy atom. The normalized spacial score (nSPS) is 24.7. The highest BCUT2D eigenvalue weighted by molar-refractivity contribution is 6.30. The fourth-order valence-corrected chi connectivity index (χ4v) is 4.51. The van der Waals surface area contributed by atoms with Crippen LogP contribution >= 0.6 is 11.6 Å². The summed E-state index contributed by atoms with van der Waals surface area (Å²) in [5.74, 6) is 2.13. The number of nitrogen functional groups attached to an aromatic ring is 1. The molecule has 0 spiro atoms. The van der Waals surface area contributed by atoms with Gasteiger partial charge in [-0.15, -0.1) is 0 Å². The first-order chi connectivity index (χ1) is 12.6. The molecular weight excluding hydrogens is 346 g/mol. The smallest absolute Gasteiger partial charge is 0.251 e. The van der Waals surface area contributed by atoms with Gasteiger partial charge in [-0.3, -0.25) is 4.79 Å². The zero-order chi connectivity index (χ0) is 18.1. The number of halogens is 1. The van der Waals surface area contributed by atoms with E-state index < -0.39 is 0 Å². The fourth-order valence-electron chi connectivity index (χ4n) is 4.38. The Labute approximate surface area is 159 Å². The lowest BCUT2D eigenvalue weighted by molar-refractivity contribution is 0.0949. The lowest BCUT2D eigenvalue weighted by Crippen LogP contribution is -2.34. The molecule has 1 aliphatic heterocycles. The maximum Gasteiger partial charge on any atom is 0.251 e. The van der Waals surface area contributed by atoms with Crippen molar-refractivity contribution in [3.63, 3.8) is 0 Å². The Balaban J connectivity index is 1.25. The highest BCUT2D eigenvalue weighted by Gasteiger charge is 2.47. The van der Waals surface area contributed by atoms with Gasteiger partial charge in [-0.1, -0.05) is 29.8 Å². The van der Waals surface area contributed by atoms with E-state index in [4.69, 9.17) is 17.3 Å². The molecule has 26 heavy (non-hydrogen) atoms. The van der Waals surface area contributed by atoms with E-state index >= 15 is 0 Å². The second kappa shape index (κ2) is 7.29. The third-order valence-corrected chi connectivity index (χ3v) is 6.05. The number of amides is 1. The summed E-state index contributed by atoms with van der Waals surface area (Å²) < 4.78 is 0. The third kappa shape index (κ3) is 3.57. The van der Waals surface area contributed by atoms with E-state index in [9.17, 15) is 4.79 Å². The maximum absolute atomic E-state index is 12.2. The standard InChI is InChI=1S/C21H24ClN3O/c22-17-6-4-14(5-7-17)19-11-16-12-25(13-20(16)19)9-8-24-21(26)15-2-1-3-18(23)10-15/h1-7,10,16,19-20H,8-9,11-13,23H2,(H,24,26). The molecule has 2 aliphatic rings. The highest BCUT2D eigenvalue weighted by atomic mass is 35.5. The van der Waals surface area contributed by atoms with Crippen LogP contribution in [0.4, 0.5) is 5.69 Å². The quantitative estimate of drug-likeness (QED) is 0.794. The molecule has 3 atom stereocenters. The van der Waals surface area contributed by atoms with Gasteiger partial charge in [0.1, 0.15) is 0 Å². The summed E-state index contributed by atoms with van der Waals surface area (Å²) in [6, 6.07) is 15.4. The average molecular weight is 370 g/mol. The summed E-state index contributed by atoms with van der Waals surface area (Å²) in [7, 11) is 0. The molecule has 1 amide bonds. The van der Waals surface area contributed by atoms with Crippen molar-refractivity contribution in [1.82, 2.24) is 10.2 Å². The summed E-state index contributed by atoms with van der Waals surface area (Å²) in [5.41, 5.74) is 8.38. The molecular formula is C21H24ClN3O. The fraction of sp³-hybridized carbons (Fsp3) is 0.381. The molecule has 1 aliphatic carbocycles. The second-order valence-corrected chi connectivity index (χ2v) is 7.90. The first-order valence-corrected chi connectivity index (χ1v) is 9.59. The van der Waals surface area contributed by atoms with Gasteiger partial charge in [0.25, 0.3) is 5.91 Å². The Bertz CT molecular complexity index is 792. The van der Waals surface area contributed by atoms with Crippen LogP contribution in [0.25, 0.3) is 0 Å². The molecule has 4 rings (SSSR count). The molecule has 0 bridgehead atoms. The van der Waals surface area contributed by atoms with Gasteiger partial charge < -0.3 is 16.0 Å². The number of benzene rings is 2. The number of nitrogens with one attached hydrogen (secondary N) is 1. The van der Waals surface area contributed by atoms with Crippen LogP contribution in [-0.4, -0.2) is 37.0 Å². The monoisotopic (exact) mass is 369 g/mol. The van der Waals surface area contributed by atoms with Crippen molar-refractivity contribution < 1.29 is 4.79 Å². The first kappa shape index (κ1) is 17.4. The van der Waals surface area contributed by atoms with E-state index in [1.807, 2.05) is 12.1 Å². The number of carbonyl (C=O) groups is 1. The van der Waals surface area contributed by atoms with Gasteiger partial charge in [-0.25, -0.2) is 0 Å². The number of carbonyl (C=O) groups excluding carboxylic acids is 1. The van der Waals surface area contributed by atoms with Gasteiger partial charge in [0.2, 0.25) is 0 Å². The molecule has 1 saturated heterocycles. The van der Waals surface area contributed by atoms with Crippen LogP contribution < -0.4 is 11.1 Å². The largest absolute Gasteiger partial charge is 0.399 e. The van der Waals surface area contributed by atoms with Crippen LogP contribution in [0.3, 0.4) is 0 Å². The SMILES string of the molecule is Nc1cccc(C(=O)NCCN2CC3CC(c4ccc(Cl)cc4)C3C2)c1. The summed E-state index contributed by atoms with van der Waals surface area (Å²) >= 11 is 6.00. The Kier molecular flexibility index (Phi) is 4.88. The van der Waals surface area contributed by atoms with Crippen molar-refractivity contribution in [2.45, 2.75) is 12.3 Å². The van der Waals surface area contributed by atoms with E-state index in [1.54, 1.807) is 24.3 Å². The van der Waals surface area contributed by atoms with E-state index in [1.165, 1.54) is 12.0 Å². The van der Waals surface area contributed by atoms with Crippen molar-refractivity contribution in [3.8, 4) is 0 Å². The van der Waals surface area contributed by atoms with Crippen LogP contribution in [0.1, 0.15) is 28.3 Å². The molecule has 1 heterocycles. The summed E-state index contributed by atoms with van der Waals surface area (Å²) in [6.45, 7) is 3.82. The van der Waals surface area contributed by atoms with E-state index in [0.717, 1.165) is 36.5 Å². The Morgan fingerprint density at radius 1 is 1.19 bits per heavy atom. The lowest BCUT2D eigenvalue weighted by Gasteiger charge is -2.40. The summed E-state index contributed by atoms with van der Waals surface area (Å²) in [6.07, 6.45) is 1.26. The highest BCUT2D eigenvalue weighted by Crippen LogP contribution is 2.51. The Morgan fingerprint density at radius 3 is 2.77 bits per heavy atom. The third-order valence-electron chi connectivity index (χ3n) is 5.80. The van der Waals surface area contributed by atoms with Crippen molar-refractivity contribution in [1.29, 1.82) is 0 Å². The van der Waals surface area contributed by atoms with E-state index in [-0.39, 0.29) is 5.91 Å². The number of hydrogen-bond donors (Lipinski definition) is 2. The molecule has 3 unspecified atom stereocenters. The molecule has 5 heteroatoms. The lowest BCUT2D eigenvalue weighted by atomic mass is 9.64. The molecule has 2 aromatic rings. The molecule has 1 saturated carbocycles. The number of fused-ring (bicyclic) bond motifs is 1. The van der Waals surface area contributed by atoms with Gasteiger partial charge in [-0.05, 0) is 60.1 Å². The van der Waals surface area contributed by atoms with Gasteiger partial charge in [0.15, 0.2) is 0 Å². The first-order valence-electron chi connectivity index (χ1n) is 9.22. The van der Waals surface area contributed by atoms with Crippen molar-refractivity contribution in [3.05, 3.63) is 64.7 Å². The number of nitrogens with two attached hydrogens (primary N) is 1. The van der Waals surface area contributed by atoms with E-state index in [2.05, 4.69) is 22.3 Å². The van der Waals surface area contributed by atoms with Crippen LogP contribution in [-0.2, 0) is 0 Å². The predicted octanol–water partition coefficient (Wildman–Crippen LogP) is 3.39. The molecule has 3 N–H and O–H groups in total. The van der Waals surface area contributed by atoms with Gasteiger partial charge >= 0.3 is 0 Å². The minimum absolute atomic E-state index is 0.0569. The van der Waals surface area contributed by atoms with Crippen molar-refractivity contribution in [2.24, 2.45) is 11.8 Å².